The SMILES string of the molecule is CC1CCC2c3c(O)ccc(O)c3CC3(C)C(C)CCC1(C)C23. The molecule has 2 nitrogen and oxygen atoms in total. The largest absolute Gasteiger partial charge is 0.508 e. The van der Waals surface area contributed by atoms with Gasteiger partial charge in [0, 0.05) is 11.1 Å². The third-order valence-electron chi connectivity index (χ3n) is 8.34. The molecule has 6 unspecified atom stereocenters. The van der Waals surface area contributed by atoms with E-state index in [9.17, 15) is 10.2 Å². The van der Waals surface area contributed by atoms with Gasteiger partial charge in [-0.2, -0.15) is 0 Å². The number of phenols is 2. The van der Waals surface area contributed by atoms with Gasteiger partial charge in [0.25, 0.3) is 0 Å². The molecule has 1 aromatic rings. The summed E-state index contributed by atoms with van der Waals surface area (Å²) in [7, 11) is 0. The van der Waals surface area contributed by atoms with Gasteiger partial charge in [-0.25, -0.2) is 0 Å². The van der Waals surface area contributed by atoms with Crippen LogP contribution in [0.3, 0.4) is 0 Å². The molecule has 1 aromatic carbocycles. The molecule has 0 bridgehead atoms. The summed E-state index contributed by atoms with van der Waals surface area (Å²) in [4.78, 5) is 0. The van der Waals surface area contributed by atoms with Gasteiger partial charge in [-0.05, 0) is 78.7 Å². The van der Waals surface area contributed by atoms with E-state index in [0.717, 1.165) is 29.9 Å². The average Bonchev–Trinajstić information content (AvgIpc) is 2.51. The molecule has 0 amide bonds. The van der Waals surface area contributed by atoms with Crippen molar-refractivity contribution in [3.05, 3.63) is 23.3 Å². The Morgan fingerprint density at radius 1 is 0.913 bits per heavy atom. The van der Waals surface area contributed by atoms with Crippen LogP contribution in [0.15, 0.2) is 12.1 Å². The number of benzene rings is 1. The average molecular weight is 314 g/mol. The summed E-state index contributed by atoms with van der Waals surface area (Å²) >= 11 is 0. The highest BCUT2D eigenvalue weighted by molar-refractivity contribution is 5.52. The molecule has 0 aliphatic heterocycles. The molecule has 0 aromatic heterocycles. The Bertz CT molecular complexity index is 651. The van der Waals surface area contributed by atoms with Gasteiger partial charge in [0.15, 0.2) is 0 Å². The van der Waals surface area contributed by atoms with Crippen LogP contribution in [0.4, 0.5) is 0 Å². The van der Waals surface area contributed by atoms with E-state index < -0.39 is 0 Å². The number of aromatic hydroxyl groups is 2. The lowest BCUT2D eigenvalue weighted by molar-refractivity contribution is -0.123. The summed E-state index contributed by atoms with van der Waals surface area (Å²) in [5.41, 5.74) is 2.68. The summed E-state index contributed by atoms with van der Waals surface area (Å²) in [6.07, 6.45) is 5.88. The zero-order valence-electron chi connectivity index (χ0n) is 14.9. The van der Waals surface area contributed by atoms with E-state index in [-0.39, 0.29) is 5.41 Å². The van der Waals surface area contributed by atoms with Crippen LogP contribution in [-0.2, 0) is 6.42 Å². The molecule has 3 aliphatic rings. The fourth-order valence-electron chi connectivity index (χ4n) is 6.69. The summed E-state index contributed by atoms with van der Waals surface area (Å²) in [6.45, 7) is 9.80. The molecule has 2 saturated carbocycles. The number of fused-ring (bicyclic) bond motifs is 2. The molecular weight excluding hydrogens is 284 g/mol. The summed E-state index contributed by atoms with van der Waals surface area (Å²) in [6, 6.07) is 3.37. The fourth-order valence-corrected chi connectivity index (χ4v) is 6.69. The van der Waals surface area contributed by atoms with Crippen LogP contribution in [0.1, 0.15) is 70.4 Å². The molecule has 2 fully saturated rings. The smallest absolute Gasteiger partial charge is 0.119 e. The second-order valence-electron chi connectivity index (χ2n) is 9.19. The summed E-state index contributed by atoms with van der Waals surface area (Å²) in [5.74, 6) is 3.22. The van der Waals surface area contributed by atoms with E-state index in [1.54, 1.807) is 12.1 Å². The second kappa shape index (κ2) is 4.68. The van der Waals surface area contributed by atoms with Crippen molar-refractivity contribution < 1.29 is 10.2 Å². The maximum Gasteiger partial charge on any atom is 0.119 e. The van der Waals surface area contributed by atoms with Crippen molar-refractivity contribution in [2.75, 3.05) is 0 Å². The summed E-state index contributed by atoms with van der Waals surface area (Å²) in [5, 5.41) is 21.0. The van der Waals surface area contributed by atoms with Gasteiger partial charge in [0.05, 0.1) is 0 Å². The molecule has 0 spiro atoms. The van der Waals surface area contributed by atoms with Crippen LogP contribution in [-0.4, -0.2) is 10.2 Å². The minimum atomic E-state index is 0.227. The standard InChI is InChI=1S/C21H30O2/c1-12-5-6-14-18-15(16(22)7-8-17(18)23)11-21(4)13(2)9-10-20(12,3)19(14)21/h7-8,12-14,19,22-23H,5-6,9-11H2,1-4H3. The van der Waals surface area contributed by atoms with E-state index in [0.29, 0.717) is 34.7 Å². The molecule has 0 saturated heterocycles. The Morgan fingerprint density at radius 2 is 1.57 bits per heavy atom. The van der Waals surface area contributed by atoms with Crippen LogP contribution in [0.2, 0.25) is 0 Å². The highest BCUT2D eigenvalue weighted by Crippen LogP contribution is 2.69. The van der Waals surface area contributed by atoms with E-state index in [4.69, 9.17) is 0 Å². The molecule has 4 rings (SSSR count). The van der Waals surface area contributed by atoms with Crippen molar-refractivity contribution in [1.29, 1.82) is 0 Å². The van der Waals surface area contributed by atoms with Crippen molar-refractivity contribution in [2.45, 2.75) is 65.7 Å². The first-order chi connectivity index (χ1) is 10.8. The highest BCUT2D eigenvalue weighted by Gasteiger charge is 2.61. The first kappa shape index (κ1) is 15.4. The van der Waals surface area contributed by atoms with Crippen LogP contribution >= 0.6 is 0 Å². The normalized spacial score (nSPS) is 45.2. The number of rotatable bonds is 0. The summed E-state index contributed by atoms with van der Waals surface area (Å²) < 4.78 is 0. The van der Waals surface area contributed by atoms with E-state index in [1.807, 2.05) is 0 Å². The van der Waals surface area contributed by atoms with Crippen molar-refractivity contribution in [3.63, 3.8) is 0 Å². The maximum absolute atomic E-state index is 10.6. The number of phenolic OH excluding ortho intramolecular Hbond substituents is 2. The lowest BCUT2D eigenvalue weighted by atomic mass is 9.39. The molecule has 6 atom stereocenters. The minimum Gasteiger partial charge on any atom is -0.508 e. The Balaban J connectivity index is 1.96. The zero-order valence-corrected chi connectivity index (χ0v) is 14.9. The van der Waals surface area contributed by atoms with Gasteiger partial charge in [-0.3, -0.25) is 0 Å². The second-order valence-corrected chi connectivity index (χ2v) is 9.19. The van der Waals surface area contributed by atoms with Crippen LogP contribution in [0.5, 0.6) is 11.5 Å². The lowest BCUT2D eigenvalue weighted by Crippen LogP contribution is -2.57. The molecule has 23 heavy (non-hydrogen) atoms. The molecule has 2 N–H and O–H groups in total. The van der Waals surface area contributed by atoms with Gasteiger partial charge in [-0.1, -0.05) is 27.7 Å². The first-order valence-corrected chi connectivity index (χ1v) is 9.32. The molecule has 2 heteroatoms. The Morgan fingerprint density at radius 3 is 2.30 bits per heavy atom. The number of hydrogen-bond donors (Lipinski definition) is 2. The zero-order chi connectivity index (χ0) is 16.6. The van der Waals surface area contributed by atoms with Gasteiger partial charge >= 0.3 is 0 Å². The molecule has 3 aliphatic carbocycles. The van der Waals surface area contributed by atoms with E-state index in [1.165, 1.54) is 19.3 Å². The van der Waals surface area contributed by atoms with Crippen LogP contribution in [0.25, 0.3) is 0 Å². The van der Waals surface area contributed by atoms with Gasteiger partial charge < -0.3 is 10.2 Å². The first-order valence-electron chi connectivity index (χ1n) is 9.32. The Kier molecular flexibility index (Phi) is 3.12. The predicted molar refractivity (Wildman–Crippen MR) is 92.7 cm³/mol. The Labute approximate surface area is 139 Å². The van der Waals surface area contributed by atoms with Crippen LogP contribution in [0, 0.1) is 28.6 Å². The molecule has 126 valence electrons. The monoisotopic (exact) mass is 314 g/mol. The van der Waals surface area contributed by atoms with E-state index >= 15 is 0 Å². The van der Waals surface area contributed by atoms with Crippen molar-refractivity contribution in [3.8, 4) is 11.5 Å². The van der Waals surface area contributed by atoms with Gasteiger partial charge in [-0.15, -0.1) is 0 Å². The fraction of sp³-hybridized carbons (Fsp3) is 0.714. The number of hydrogen-bond acceptors (Lipinski definition) is 2. The highest BCUT2D eigenvalue weighted by atomic mass is 16.3. The third-order valence-corrected chi connectivity index (χ3v) is 8.34. The predicted octanol–water partition coefficient (Wildman–Crippen LogP) is 5.23. The maximum atomic E-state index is 10.6. The van der Waals surface area contributed by atoms with Gasteiger partial charge in [0.1, 0.15) is 11.5 Å². The molecule has 0 radical (unpaired) electrons. The Hall–Kier alpha value is -1.18. The topological polar surface area (TPSA) is 40.5 Å². The van der Waals surface area contributed by atoms with Crippen molar-refractivity contribution >= 4 is 0 Å². The molecular formula is C21H30O2. The third kappa shape index (κ3) is 1.81. The van der Waals surface area contributed by atoms with E-state index in [2.05, 4.69) is 27.7 Å². The molecule has 0 heterocycles. The quantitative estimate of drug-likeness (QED) is 0.644. The van der Waals surface area contributed by atoms with Gasteiger partial charge in [0.2, 0.25) is 0 Å². The minimum absolute atomic E-state index is 0.227. The van der Waals surface area contributed by atoms with Crippen molar-refractivity contribution in [2.24, 2.45) is 28.6 Å². The van der Waals surface area contributed by atoms with Crippen molar-refractivity contribution in [1.82, 2.24) is 0 Å². The van der Waals surface area contributed by atoms with Crippen LogP contribution < -0.4 is 0 Å². The lowest BCUT2D eigenvalue weighted by Gasteiger charge is -2.65.